The lowest BCUT2D eigenvalue weighted by Crippen LogP contribution is -2.54. The van der Waals surface area contributed by atoms with Gasteiger partial charge in [0.15, 0.2) is 0 Å². The van der Waals surface area contributed by atoms with Crippen LogP contribution in [-0.4, -0.2) is 38.5 Å². The summed E-state index contributed by atoms with van der Waals surface area (Å²) in [5.41, 5.74) is -0.00687. The zero-order valence-electron chi connectivity index (χ0n) is 11.3. The molecule has 1 fully saturated rings. The minimum atomic E-state index is -0.846. The van der Waals surface area contributed by atoms with E-state index in [9.17, 15) is 14.4 Å². The van der Waals surface area contributed by atoms with Crippen LogP contribution >= 0.6 is 11.6 Å². The Morgan fingerprint density at radius 2 is 1.91 bits per heavy atom. The second-order valence-corrected chi connectivity index (χ2v) is 4.76. The van der Waals surface area contributed by atoms with Gasteiger partial charge in [0.2, 0.25) is 5.95 Å². The van der Waals surface area contributed by atoms with Crippen molar-refractivity contribution in [1.29, 1.82) is 0 Å². The summed E-state index contributed by atoms with van der Waals surface area (Å²) in [5.74, 6) is -1.49. The summed E-state index contributed by atoms with van der Waals surface area (Å²) in [7, 11) is 0. The van der Waals surface area contributed by atoms with E-state index in [0.717, 1.165) is 11.1 Å². The Balaban J connectivity index is 1.90. The number of imide groups is 2. The van der Waals surface area contributed by atoms with E-state index in [1.54, 1.807) is 0 Å². The molecule has 0 unspecified atom stereocenters. The maximum Gasteiger partial charge on any atom is 0.335 e. The van der Waals surface area contributed by atoms with Gasteiger partial charge in [-0.05, 0) is 34.7 Å². The molecule has 1 aromatic carbocycles. The predicted octanol–water partition coefficient (Wildman–Crippen LogP) is 0.432. The summed E-state index contributed by atoms with van der Waals surface area (Å²) in [4.78, 5) is 37.0. The fraction of sp³-hybridized carbons (Fsp3) is 0. The number of amides is 4. The maximum absolute atomic E-state index is 12.4. The van der Waals surface area contributed by atoms with Crippen molar-refractivity contribution in [3.8, 4) is 0 Å². The van der Waals surface area contributed by atoms with Crippen LogP contribution in [0, 0.1) is 0 Å². The van der Waals surface area contributed by atoms with E-state index < -0.39 is 17.8 Å². The molecule has 0 bridgehead atoms. The van der Waals surface area contributed by atoms with E-state index in [1.165, 1.54) is 24.3 Å². The number of nitrogens with zero attached hydrogens (tertiary/aromatic N) is 4. The van der Waals surface area contributed by atoms with E-state index in [1.807, 2.05) is 0 Å². The van der Waals surface area contributed by atoms with Crippen LogP contribution in [-0.2, 0) is 9.59 Å². The first-order valence-electron chi connectivity index (χ1n) is 6.22. The van der Waals surface area contributed by atoms with Gasteiger partial charge in [0.1, 0.15) is 5.57 Å². The number of aromatic amines is 1. The summed E-state index contributed by atoms with van der Waals surface area (Å²) in [6.07, 6.45) is 1.11. The van der Waals surface area contributed by atoms with Gasteiger partial charge in [0.05, 0.1) is 5.69 Å². The first kappa shape index (κ1) is 14.7. The highest BCUT2D eigenvalue weighted by molar-refractivity contribution is 6.37. The third-order valence-corrected chi connectivity index (χ3v) is 3.14. The van der Waals surface area contributed by atoms with Crippen molar-refractivity contribution < 1.29 is 14.4 Å². The van der Waals surface area contributed by atoms with Crippen LogP contribution < -0.4 is 15.5 Å². The molecule has 0 radical (unpaired) electrons. The van der Waals surface area contributed by atoms with Crippen molar-refractivity contribution in [2.24, 2.45) is 0 Å². The molecule has 116 valence electrons. The maximum atomic E-state index is 12.4. The van der Waals surface area contributed by atoms with Crippen molar-refractivity contribution in [2.45, 2.75) is 0 Å². The highest BCUT2D eigenvalue weighted by Gasteiger charge is 2.36. The van der Waals surface area contributed by atoms with E-state index in [4.69, 9.17) is 11.6 Å². The molecule has 4 amide bonds. The van der Waals surface area contributed by atoms with Crippen LogP contribution in [0.25, 0.3) is 0 Å². The Kier molecular flexibility index (Phi) is 3.73. The van der Waals surface area contributed by atoms with Gasteiger partial charge in [-0.1, -0.05) is 16.7 Å². The molecule has 10 nitrogen and oxygen atoms in total. The molecule has 3 rings (SSSR count). The Labute approximate surface area is 133 Å². The van der Waals surface area contributed by atoms with Crippen molar-refractivity contribution in [2.75, 3.05) is 10.2 Å². The van der Waals surface area contributed by atoms with E-state index in [-0.39, 0.29) is 17.2 Å². The van der Waals surface area contributed by atoms with Crippen LogP contribution in [0.2, 0.25) is 5.02 Å². The number of carbonyl (C=O) groups is 3. The number of hydrogen-bond acceptors (Lipinski definition) is 7. The van der Waals surface area contributed by atoms with Crippen molar-refractivity contribution in [1.82, 2.24) is 25.9 Å². The van der Waals surface area contributed by atoms with Gasteiger partial charge in [-0.3, -0.25) is 14.9 Å². The molecule has 3 N–H and O–H groups in total. The third kappa shape index (κ3) is 2.87. The number of H-pyrrole nitrogens is 1. The second kappa shape index (κ2) is 5.85. The highest BCUT2D eigenvalue weighted by atomic mass is 35.5. The summed E-state index contributed by atoms with van der Waals surface area (Å²) in [5, 5.41) is 17.7. The lowest BCUT2D eigenvalue weighted by molar-refractivity contribution is -0.122. The van der Waals surface area contributed by atoms with Gasteiger partial charge < -0.3 is 5.32 Å². The van der Waals surface area contributed by atoms with Crippen molar-refractivity contribution >= 4 is 41.1 Å². The van der Waals surface area contributed by atoms with Crippen LogP contribution in [0.1, 0.15) is 0 Å². The van der Waals surface area contributed by atoms with Crippen LogP contribution in [0.5, 0.6) is 0 Å². The van der Waals surface area contributed by atoms with Crippen LogP contribution in [0.4, 0.5) is 16.4 Å². The topological polar surface area (TPSA) is 133 Å². The number of barbiturate groups is 1. The predicted molar refractivity (Wildman–Crippen MR) is 78.4 cm³/mol. The van der Waals surface area contributed by atoms with Gasteiger partial charge >= 0.3 is 6.03 Å². The molecule has 0 aliphatic carbocycles. The van der Waals surface area contributed by atoms with E-state index >= 15 is 0 Å². The van der Waals surface area contributed by atoms with Crippen molar-refractivity contribution in [3.05, 3.63) is 41.1 Å². The molecule has 1 saturated heterocycles. The number of anilines is 2. The molecule has 11 heteroatoms. The first-order valence-corrected chi connectivity index (χ1v) is 6.60. The average molecular weight is 334 g/mol. The molecular weight excluding hydrogens is 326 g/mol. The minimum absolute atomic E-state index is 0.132. The highest BCUT2D eigenvalue weighted by Crippen LogP contribution is 2.22. The Morgan fingerprint density at radius 1 is 1.17 bits per heavy atom. The Bertz CT molecular complexity index is 801. The molecule has 1 aliphatic rings. The van der Waals surface area contributed by atoms with Crippen LogP contribution in [0.15, 0.2) is 36.0 Å². The standard InChI is InChI=1S/C12H8ClN7O3/c13-6-1-3-7(4-2-6)20-10(22)8(9(21)15-12(20)23)5-14-11-16-18-19-17-11/h1-5H,(H,15,21,23)(H2,14,16,17,18,19). The first-order chi connectivity index (χ1) is 11.1. The average Bonchev–Trinajstić information content (AvgIpc) is 3.02. The Hall–Kier alpha value is -3.27. The minimum Gasteiger partial charge on any atom is -0.329 e. The molecule has 0 atom stereocenters. The molecule has 2 heterocycles. The smallest absolute Gasteiger partial charge is 0.329 e. The quantitative estimate of drug-likeness (QED) is 0.548. The van der Waals surface area contributed by atoms with Gasteiger partial charge in [-0.2, -0.15) is 0 Å². The number of rotatable bonds is 3. The molecule has 0 spiro atoms. The SMILES string of the molecule is O=C1NC(=O)N(c2ccc(Cl)cc2)C(=O)C1=CNc1nnn[nH]1. The number of urea groups is 1. The largest absolute Gasteiger partial charge is 0.335 e. The molecular formula is C12H8ClN7O3. The zero-order chi connectivity index (χ0) is 16.4. The summed E-state index contributed by atoms with van der Waals surface area (Å²) in [6, 6.07) is 5.17. The molecule has 23 heavy (non-hydrogen) atoms. The monoisotopic (exact) mass is 333 g/mol. The molecule has 2 aromatic rings. The molecule has 1 aliphatic heterocycles. The lowest BCUT2D eigenvalue weighted by Gasteiger charge is -2.26. The number of benzene rings is 1. The van der Waals surface area contributed by atoms with Crippen LogP contribution in [0.3, 0.4) is 0 Å². The summed E-state index contributed by atoms with van der Waals surface area (Å²) < 4.78 is 0. The lowest BCUT2D eigenvalue weighted by atomic mass is 10.1. The zero-order valence-corrected chi connectivity index (χ0v) is 12.0. The summed E-state index contributed by atoms with van der Waals surface area (Å²) >= 11 is 5.78. The van der Waals surface area contributed by atoms with E-state index in [0.29, 0.717) is 5.02 Å². The number of hydrogen-bond donors (Lipinski definition) is 3. The number of tetrazole rings is 1. The van der Waals surface area contributed by atoms with Gasteiger partial charge in [-0.15, -0.1) is 0 Å². The summed E-state index contributed by atoms with van der Waals surface area (Å²) in [6.45, 7) is 0. The number of halogens is 1. The fourth-order valence-corrected chi connectivity index (χ4v) is 1.97. The number of nitrogens with one attached hydrogen (secondary N) is 3. The van der Waals surface area contributed by atoms with Gasteiger partial charge in [0.25, 0.3) is 11.8 Å². The van der Waals surface area contributed by atoms with Crippen molar-refractivity contribution in [3.63, 3.8) is 0 Å². The molecule has 1 aromatic heterocycles. The number of aromatic nitrogens is 4. The number of carbonyl (C=O) groups excluding carboxylic acids is 3. The molecule has 0 saturated carbocycles. The third-order valence-electron chi connectivity index (χ3n) is 2.89. The van der Waals surface area contributed by atoms with Gasteiger partial charge in [0, 0.05) is 11.2 Å². The van der Waals surface area contributed by atoms with E-state index in [2.05, 4.69) is 31.3 Å². The second-order valence-electron chi connectivity index (χ2n) is 4.33. The normalized spacial score (nSPS) is 16.7. The van der Waals surface area contributed by atoms with Gasteiger partial charge in [-0.25, -0.2) is 14.8 Å². The Morgan fingerprint density at radius 3 is 2.57 bits per heavy atom. The fourth-order valence-electron chi connectivity index (χ4n) is 1.84.